The van der Waals surface area contributed by atoms with Gasteiger partial charge in [0.05, 0.1) is 5.69 Å². The normalized spacial score (nSPS) is 21.3. The second kappa shape index (κ2) is 5.65. The van der Waals surface area contributed by atoms with Crippen LogP contribution in [0.1, 0.15) is 38.2 Å². The molecule has 25 heavy (non-hydrogen) atoms. The van der Waals surface area contributed by atoms with E-state index in [1.165, 1.54) is 36.9 Å². The summed E-state index contributed by atoms with van der Waals surface area (Å²) in [5.41, 5.74) is 4.40. The summed E-state index contributed by atoms with van der Waals surface area (Å²) in [6.07, 6.45) is 11.6. The third-order valence-electron chi connectivity index (χ3n) is 6.28. The van der Waals surface area contributed by atoms with Gasteiger partial charge in [0.2, 0.25) is 0 Å². The predicted molar refractivity (Wildman–Crippen MR) is 105 cm³/mol. The summed E-state index contributed by atoms with van der Waals surface area (Å²) in [4.78, 5) is 6.72. The lowest BCUT2D eigenvalue weighted by Gasteiger charge is -2.29. The van der Waals surface area contributed by atoms with Crippen molar-refractivity contribution in [1.82, 2.24) is 4.98 Å². The largest absolute Gasteiger partial charge is 0.454 e. The average molecular weight is 330 g/mol. The van der Waals surface area contributed by atoms with E-state index in [4.69, 9.17) is 4.42 Å². The van der Waals surface area contributed by atoms with Crippen LogP contribution in [-0.4, -0.2) is 17.6 Å². The fourth-order valence-electron chi connectivity index (χ4n) is 4.93. The molecule has 2 aliphatic rings. The zero-order chi connectivity index (χ0) is 17.0. The number of fused-ring (bicyclic) bond motifs is 3. The molecule has 1 aromatic carbocycles. The molecule has 0 bridgehead atoms. The maximum atomic E-state index is 6.27. The van der Waals surface area contributed by atoms with Crippen LogP contribution >= 0.6 is 0 Å². The van der Waals surface area contributed by atoms with Crippen LogP contribution in [0.3, 0.4) is 0 Å². The standard InChI is InChI=1S/C21H23BN2O/c1-14-7-8-17-18-13-23-11-9-19(18)25-21(17)20(14)24-12-10-22(15(24)2)16-5-3-4-6-16/h7-13,15-16H,3-6H2,1-2H3/t15-/m0/s1. The molecule has 1 atom stereocenters. The Kier molecular flexibility index (Phi) is 3.41. The molecule has 1 aliphatic heterocycles. The highest BCUT2D eigenvalue weighted by molar-refractivity contribution is 6.69. The van der Waals surface area contributed by atoms with E-state index in [-0.39, 0.29) is 0 Å². The first-order valence-electron chi connectivity index (χ1n) is 9.46. The molecule has 1 aliphatic carbocycles. The van der Waals surface area contributed by atoms with E-state index in [9.17, 15) is 0 Å². The summed E-state index contributed by atoms with van der Waals surface area (Å²) in [6.45, 7) is 5.21. The fourth-order valence-corrected chi connectivity index (χ4v) is 4.93. The fraction of sp³-hybridized carbons (Fsp3) is 0.381. The minimum atomic E-state index is 0.485. The molecule has 1 fully saturated rings. The number of hydrogen-bond acceptors (Lipinski definition) is 3. The molecule has 0 N–H and O–H groups in total. The van der Waals surface area contributed by atoms with Crippen LogP contribution in [0.15, 0.2) is 47.2 Å². The van der Waals surface area contributed by atoms with Crippen LogP contribution in [0.5, 0.6) is 0 Å². The predicted octanol–water partition coefficient (Wildman–Crippen LogP) is 5.53. The van der Waals surface area contributed by atoms with Gasteiger partial charge < -0.3 is 9.32 Å². The quantitative estimate of drug-likeness (QED) is 0.579. The molecule has 5 rings (SSSR count). The van der Waals surface area contributed by atoms with Gasteiger partial charge in [0.1, 0.15) is 5.58 Å². The highest BCUT2D eigenvalue weighted by Gasteiger charge is 2.38. The lowest BCUT2D eigenvalue weighted by molar-refractivity contribution is 0.666. The summed E-state index contributed by atoms with van der Waals surface area (Å²) in [5.74, 6) is 3.76. The van der Waals surface area contributed by atoms with Crippen molar-refractivity contribution >= 4 is 34.3 Å². The summed E-state index contributed by atoms with van der Waals surface area (Å²) >= 11 is 0. The third kappa shape index (κ3) is 2.23. The Morgan fingerprint density at radius 2 is 2.00 bits per heavy atom. The number of furan rings is 1. The summed E-state index contributed by atoms with van der Waals surface area (Å²) < 4.78 is 6.27. The van der Waals surface area contributed by atoms with Crippen molar-refractivity contribution in [2.45, 2.75) is 51.3 Å². The number of pyridine rings is 1. The molecule has 0 unspecified atom stereocenters. The van der Waals surface area contributed by atoms with E-state index in [0.29, 0.717) is 12.7 Å². The Morgan fingerprint density at radius 3 is 2.84 bits per heavy atom. The van der Waals surface area contributed by atoms with Crippen LogP contribution in [-0.2, 0) is 0 Å². The molecule has 0 amide bonds. The second-order valence-electron chi connectivity index (χ2n) is 7.69. The van der Waals surface area contributed by atoms with E-state index in [2.05, 4.69) is 48.0 Å². The first kappa shape index (κ1) is 15.1. The number of aryl methyl sites for hydroxylation is 1. The lowest BCUT2D eigenvalue weighted by Crippen LogP contribution is -2.38. The van der Waals surface area contributed by atoms with Crippen LogP contribution in [0.25, 0.3) is 21.9 Å². The third-order valence-corrected chi connectivity index (χ3v) is 6.28. The monoisotopic (exact) mass is 330 g/mol. The molecular weight excluding hydrogens is 307 g/mol. The molecule has 1 saturated carbocycles. The number of rotatable bonds is 2. The van der Waals surface area contributed by atoms with Gasteiger partial charge in [-0.25, -0.2) is 0 Å². The Morgan fingerprint density at radius 1 is 1.16 bits per heavy atom. The number of hydrogen-bond donors (Lipinski definition) is 0. The zero-order valence-corrected chi connectivity index (χ0v) is 14.9. The van der Waals surface area contributed by atoms with Crippen molar-refractivity contribution < 1.29 is 4.42 Å². The van der Waals surface area contributed by atoms with Crippen LogP contribution < -0.4 is 4.90 Å². The van der Waals surface area contributed by atoms with E-state index < -0.39 is 0 Å². The average Bonchev–Trinajstić information content (AvgIpc) is 3.33. The van der Waals surface area contributed by atoms with Gasteiger partial charge in [-0.05, 0) is 24.8 Å². The van der Waals surface area contributed by atoms with Crippen molar-refractivity contribution in [3.05, 3.63) is 48.3 Å². The highest BCUT2D eigenvalue weighted by Crippen LogP contribution is 2.42. The van der Waals surface area contributed by atoms with Crippen molar-refractivity contribution in [2.24, 2.45) is 0 Å². The first-order chi connectivity index (χ1) is 12.2. The van der Waals surface area contributed by atoms with Gasteiger partial charge in [0, 0.05) is 29.1 Å². The smallest absolute Gasteiger partial charge is 0.197 e. The molecule has 0 saturated heterocycles. The molecule has 0 spiro atoms. The van der Waals surface area contributed by atoms with Gasteiger partial charge in [-0.2, -0.15) is 0 Å². The van der Waals surface area contributed by atoms with Crippen molar-refractivity contribution in [1.29, 1.82) is 0 Å². The van der Waals surface area contributed by atoms with E-state index >= 15 is 0 Å². The van der Waals surface area contributed by atoms with Crippen molar-refractivity contribution in [3.63, 3.8) is 0 Å². The number of anilines is 1. The Labute approximate surface area is 148 Å². The minimum Gasteiger partial charge on any atom is -0.454 e. The van der Waals surface area contributed by atoms with Gasteiger partial charge in [-0.3, -0.25) is 4.98 Å². The molecule has 3 nitrogen and oxygen atoms in total. The first-order valence-corrected chi connectivity index (χ1v) is 9.46. The summed E-state index contributed by atoms with van der Waals surface area (Å²) in [5, 5.41) is 2.26. The van der Waals surface area contributed by atoms with Gasteiger partial charge >= 0.3 is 0 Å². The van der Waals surface area contributed by atoms with Gasteiger partial charge in [-0.1, -0.05) is 56.5 Å². The van der Waals surface area contributed by atoms with E-state index in [1.807, 2.05) is 12.3 Å². The van der Waals surface area contributed by atoms with E-state index in [1.54, 1.807) is 6.20 Å². The van der Waals surface area contributed by atoms with Gasteiger partial charge in [-0.15, -0.1) is 0 Å². The zero-order valence-electron chi connectivity index (χ0n) is 14.9. The topological polar surface area (TPSA) is 29.3 Å². The Bertz CT molecular complexity index is 971. The summed E-state index contributed by atoms with van der Waals surface area (Å²) in [6, 6.07) is 6.34. The molecule has 126 valence electrons. The van der Waals surface area contributed by atoms with Crippen LogP contribution in [0.2, 0.25) is 5.82 Å². The van der Waals surface area contributed by atoms with Crippen LogP contribution in [0, 0.1) is 6.92 Å². The Balaban J connectivity index is 1.63. The van der Waals surface area contributed by atoms with Crippen molar-refractivity contribution in [2.75, 3.05) is 4.90 Å². The van der Waals surface area contributed by atoms with Crippen molar-refractivity contribution in [3.8, 4) is 0 Å². The molecular formula is C21H23BN2O. The molecule has 3 heterocycles. The lowest BCUT2D eigenvalue weighted by atomic mass is 9.37. The Hall–Kier alpha value is -2.23. The maximum Gasteiger partial charge on any atom is 0.197 e. The number of benzene rings is 1. The van der Waals surface area contributed by atoms with Gasteiger partial charge in [0.15, 0.2) is 12.3 Å². The number of nitrogens with zero attached hydrogens (tertiary/aromatic N) is 2. The van der Waals surface area contributed by atoms with Gasteiger partial charge in [0.25, 0.3) is 0 Å². The van der Waals surface area contributed by atoms with E-state index in [0.717, 1.165) is 27.8 Å². The molecule has 4 heteroatoms. The molecule has 3 aromatic rings. The molecule has 0 radical (unpaired) electrons. The second-order valence-corrected chi connectivity index (χ2v) is 7.69. The SMILES string of the molecule is Cc1ccc2c(oc3ccncc32)c1N1C=CB(C2CCCC2)[C@@H]1C. The van der Waals surface area contributed by atoms with Crippen LogP contribution in [0.4, 0.5) is 5.69 Å². The number of aromatic nitrogens is 1. The minimum absolute atomic E-state index is 0.485. The highest BCUT2D eigenvalue weighted by atomic mass is 16.3. The summed E-state index contributed by atoms with van der Waals surface area (Å²) in [7, 11) is 0. The molecule has 2 aromatic heterocycles. The maximum absolute atomic E-state index is 6.27.